The molecule has 1 heterocycles. The lowest BCUT2D eigenvalue weighted by atomic mass is 9.81. The summed E-state index contributed by atoms with van der Waals surface area (Å²) in [6.45, 7) is 6.06. The first kappa shape index (κ1) is 28.3. The van der Waals surface area contributed by atoms with Crippen LogP contribution in [0.2, 0.25) is 0 Å². The van der Waals surface area contributed by atoms with Gasteiger partial charge >= 0.3 is 18.4 Å². The highest BCUT2D eigenvalue weighted by Gasteiger charge is 2.42. The number of alkyl halides is 6. The lowest BCUT2D eigenvalue weighted by Crippen LogP contribution is -2.51. The van der Waals surface area contributed by atoms with Crippen molar-refractivity contribution < 1.29 is 40.7 Å². The molecule has 0 fully saturated rings. The molecule has 1 aliphatic carbocycles. The van der Waals surface area contributed by atoms with Gasteiger partial charge in [-0.2, -0.15) is 26.3 Å². The molecule has 0 saturated heterocycles. The second-order valence-corrected chi connectivity index (χ2v) is 9.38. The monoisotopic (exact) mass is 530 g/mol. The van der Waals surface area contributed by atoms with Crippen LogP contribution in [0.4, 0.5) is 31.1 Å². The normalized spacial score (nSPS) is 21.9. The molecule has 0 aromatic heterocycles. The largest absolute Gasteiger partial charge is 0.447 e. The van der Waals surface area contributed by atoms with Crippen LogP contribution in [0.1, 0.15) is 44.4 Å². The third-order valence-electron chi connectivity index (χ3n) is 6.26. The zero-order valence-electron chi connectivity index (χ0n) is 20.7. The summed E-state index contributed by atoms with van der Waals surface area (Å²) >= 11 is 0. The van der Waals surface area contributed by atoms with Crippen LogP contribution in [0.15, 0.2) is 54.2 Å². The molecule has 11 heteroatoms. The van der Waals surface area contributed by atoms with E-state index in [4.69, 9.17) is 4.74 Å². The number of ether oxygens (including phenoxy) is 1. The summed E-state index contributed by atoms with van der Waals surface area (Å²) in [5.74, 6) is -1.04. The zero-order chi connectivity index (χ0) is 27.7. The Kier molecular flexibility index (Phi) is 8.14. The van der Waals surface area contributed by atoms with Crippen molar-refractivity contribution in [2.75, 3.05) is 6.54 Å². The van der Waals surface area contributed by atoms with E-state index in [2.05, 4.69) is 0 Å². The average Bonchev–Trinajstić information content (AvgIpc) is 2.96. The van der Waals surface area contributed by atoms with Crippen LogP contribution in [0.5, 0.6) is 0 Å². The van der Waals surface area contributed by atoms with E-state index in [1.165, 1.54) is 16.7 Å². The number of nitrogens with zero attached hydrogens (tertiary/aromatic N) is 2. The first-order valence-corrected chi connectivity index (χ1v) is 11.6. The number of fused-ring (bicyclic) bond motifs is 1. The Morgan fingerprint density at radius 1 is 1.05 bits per heavy atom. The predicted molar refractivity (Wildman–Crippen MR) is 124 cm³/mol. The van der Waals surface area contributed by atoms with Gasteiger partial charge in [-0.25, -0.2) is 4.79 Å². The molecule has 1 aromatic carbocycles. The summed E-state index contributed by atoms with van der Waals surface area (Å²) < 4.78 is 85.8. The summed E-state index contributed by atoms with van der Waals surface area (Å²) in [6.07, 6.45) is -2.33. The number of carbonyl (C=O) groups excluding carboxylic acids is 2. The quantitative estimate of drug-likeness (QED) is 0.336. The van der Waals surface area contributed by atoms with Crippen molar-refractivity contribution in [1.29, 1.82) is 0 Å². The molecule has 2 amide bonds. The maximum Gasteiger partial charge on any atom is 0.416 e. The Hall–Kier alpha value is -3.24. The highest BCUT2D eigenvalue weighted by atomic mass is 19.4. The second-order valence-electron chi connectivity index (χ2n) is 9.38. The standard InChI is InChI=1S/C26H28F6N2O3/c1-15(2)37-24(36)33-10-6-9-22(23-16(3)7-5-8-21(23)33)34(17(4)35)14-18-11-19(25(27,28)29)13-20(12-18)26(30,31)32/h5-9,11-13,15,21-23H,10,14H2,1-4H3. The van der Waals surface area contributed by atoms with Crippen LogP contribution in [-0.2, 0) is 28.4 Å². The summed E-state index contributed by atoms with van der Waals surface area (Å²) in [4.78, 5) is 28.3. The van der Waals surface area contributed by atoms with Gasteiger partial charge in [0.05, 0.1) is 29.3 Å². The fourth-order valence-electron chi connectivity index (χ4n) is 4.64. The van der Waals surface area contributed by atoms with Crippen LogP contribution in [0.3, 0.4) is 0 Å². The molecule has 37 heavy (non-hydrogen) atoms. The van der Waals surface area contributed by atoms with Gasteiger partial charge in [-0.05, 0) is 44.5 Å². The minimum Gasteiger partial charge on any atom is -0.447 e. The highest BCUT2D eigenvalue weighted by Crippen LogP contribution is 2.38. The maximum absolute atomic E-state index is 13.4. The van der Waals surface area contributed by atoms with Gasteiger partial charge in [-0.15, -0.1) is 0 Å². The molecule has 3 atom stereocenters. The lowest BCUT2D eigenvalue weighted by molar-refractivity contribution is -0.143. The SMILES string of the molecule is CC(=O)N(Cc1cc(C(F)(F)F)cc(C(F)(F)F)c1)C1C=CCN(C(=O)OC(C)C)C2C=CC=C(C)C12. The Morgan fingerprint density at radius 3 is 2.16 bits per heavy atom. The summed E-state index contributed by atoms with van der Waals surface area (Å²) in [6, 6.07) is 0.00700. The van der Waals surface area contributed by atoms with E-state index in [0.717, 1.165) is 5.57 Å². The van der Waals surface area contributed by atoms with Gasteiger partial charge in [-0.1, -0.05) is 36.0 Å². The van der Waals surface area contributed by atoms with E-state index < -0.39 is 60.0 Å². The number of rotatable bonds is 4. The number of carbonyl (C=O) groups is 2. The molecule has 0 saturated carbocycles. The number of halogens is 6. The molecule has 0 N–H and O–H groups in total. The average molecular weight is 531 g/mol. The van der Waals surface area contributed by atoms with E-state index in [9.17, 15) is 35.9 Å². The molecule has 0 spiro atoms. The molecular formula is C26H28F6N2O3. The van der Waals surface area contributed by atoms with Crippen molar-refractivity contribution in [2.24, 2.45) is 5.92 Å². The number of hydrogen-bond acceptors (Lipinski definition) is 3. The number of allylic oxidation sites excluding steroid dienone is 2. The van der Waals surface area contributed by atoms with Crippen LogP contribution in [0.25, 0.3) is 0 Å². The Labute approximate surface area is 211 Å². The number of benzene rings is 1. The second kappa shape index (κ2) is 10.6. The van der Waals surface area contributed by atoms with E-state index in [1.807, 2.05) is 0 Å². The molecule has 202 valence electrons. The third kappa shape index (κ3) is 6.56. The Bertz CT molecular complexity index is 1090. The zero-order valence-corrected chi connectivity index (χ0v) is 20.7. The molecule has 0 bridgehead atoms. The molecule has 2 aliphatic rings. The number of amides is 2. The van der Waals surface area contributed by atoms with Gasteiger partial charge in [0.15, 0.2) is 0 Å². The summed E-state index contributed by atoms with van der Waals surface area (Å²) in [5.41, 5.74) is -2.42. The summed E-state index contributed by atoms with van der Waals surface area (Å²) in [5, 5.41) is 0. The van der Waals surface area contributed by atoms with Gasteiger partial charge in [0.1, 0.15) is 0 Å². The van der Waals surface area contributed by atoms with Crippen LogP contribution in [-0.4, -0.2) is 46.5 Å². The van der Waals surface area contributed by atoms with Gasteiger partial charge in [-0.3, -0.25) is 9.69 Å². The highest BCUT2D eigenvalue weighted by molar-refractivity contribution is 5.74. The van der Waals surface area contributed by atoms with Crippen molar-refractivity contribution in [3.8, 4) is 0 Å². The van der Waals surface area contributed by atoms with Crippen molar-refractivity contribution >= 4 is 12.0 Å². The molecule has 3 unspecified atom stereocenters. The maximum atomic E-state index is 13.4. The third-order valence-corrected chi connectivity index (χ3v) is 6.26. The van der Waals surface area contributed by atoms with E-state index in [0.29, 0.717) is 12.1 Å². The van der Waals surface area contributed by atoms with Gasteiger partial charge in [0, 0.05) is 25.9 Å². The molecule has 1 aliphatic heterocycles. The van der Waals surface area contributed by atoms with Crippen LogP contribution in [0, 0.1) is 5.92 Å². The summed E-state index contributed by atoms with van der Waals surface area (Å²) in [7, 11) is 0. The van der Waals surface area contributed by atoms with Gasteiger partial charge in [0.2, 0.25) is 5.91 Å². The number of hydrogen-bond donors (Lipinski definition) is 0. The van der Waals surface area contributed by atoms with E-state index >= 15 is 0 Å². The van der Waals surface area contributed by atoms with Crippen molar-refractivity contribution in [3.05, 3.63) is 70.8 Å². The molecule has 3 rings (SSSR count). The van der Waals surface area contributed by atoms with Crippen LogP contribution >= 0.6 is 0 Å². The van der Waals surface area contributed by atoms with Crippen molar-refractivity contribution in [2.45, 2.75) is 64.8 Å². The van der Waals surface area contributed by atoms with Crippen molar-refractivity contribution in [1.82, 2.24) is 9.80 Å². The Balaban J connectivity index is 2.04. The first-order valence-electron chi connectivity index (χ1n) is 11.6. The topological polar surface area (TPSA) is 49.9 Å². The van der Waals surface area contributed by atoms with E-state index in [-0.39, 0.29) is 24.3 Å². The van der Waals surface area contributed by atoms with Gasteiger partial charge < -0.3 is 9.64 Å². The predicted octanol–water partition coefficient (Wildman–Crippen LogP) is 6.36. The molecule has 5 nitrogen and oxygen atoms in total. The lowest BCUT2D eigenvalue weighted by Gasteiger charge is -2.41. The minimum atomic E-state index is -5.00. The van der Waals surface area contributed by atoms with Crippen molar-refractivity contribution in [3.63, 3.8) is 0 Å². The fourth-order valence-corrected chi connectivity index (χ4v) is 4.64. The van der Waals surface area contributed by atoms with E-state index in [1.54, 1.807) is 51.2 Å². The Morgan fingerprint density at radius 2 is 1.65 bits per heavy atom. The van der Waals surface area contributed by atoms with Crippen LogP contribution < -0.4 is 0 Å². The van der Waals surface area contributed by atoms with Gasteiger partial charge in [0.25, 0.3) is 0 Å². The molecule has 0 radical (unpaired) electrons. The minimum absolute atomic E-state index is 0.0558. The smallest absolute Gasteiger partial charge is 0.416 e. The fraction of sp³-hybridized carbons (Fsp3) is 0.462. The molecular weight excluding hydrogens is 502 g/mol. The first-order chi connectivity index (χ1) is 17.1. The molecule has 1 aromatic rings.